The van der Waals surface area contributed by atoms with Crippen molar-refractivity contribution in [1.82, 2.24) is 4.90 Å². The van der Waals surface area contributed by atoms with Crippen LogP contribution in [0.5, 0.6) is 5.75 Å². The number of rotatable bonds is 6. The molecule has 0 bridgehead atoms. The minimum Gasteiger partial charge on any atom is -0.484 e. The molecule has 0 saturated heterocycles. The van der Waals surface area contributed by atoms with Crippen molar-refractivity contribution in [2.75, 3.05) is 26.8 Å². The lowest BCUT2D eigenvalue weighted by atomic mass is 10.3. The van der Waals surface area contributed by atoms with E-state index in [1.807, 2.05) is 0 Å². The molecule has 0 radical (unpaired) electrons. The fraction of sp³-hybridized carbons (Fsp3) is 0.385. The number of ether oxygens (including phenoxy) is 2. The topological polar surface area (TPSA) is 55.8 Å². The summed E-state index contributed by atoms with van der Waals surface area (Å²) in [5.41, 5.74) is 0. The lowest BCUT2D eigenvalue weighted by Crippen LogP contribution is -2.36. The summed E-state index contributed by atoms with van der Waals surface area (Å²) in [5.74, 6) is -0.376. The summed E-state index contributed by atoms with van der Waals surface area (Å²) in [7, 11) is 1.50. The third-order valence-corrected chi connectivity index (χ3v) is 3.09. The molecule has 5 nitrogen and oxygen atoms in total. The number of carbonyl (C=O) groups is 2. The van der Waals surface area contributed by atoms with Crippen LogP contribution in [0.25, 0.3) is 0 Å². The number of nitrogens with zero attached hydrogens (tertiary/aromatic N) is 1. The molecule has 0 aliphatic carbocycles. The van der Waals surface area contributed by atoms with Crippen LogP contribution in [-0.4, -0.2) is 43.6 Å². The number of esters is 1. The molecule has 0 saturated carbocycles. The van der Waals surface area contributed by atoms with Crippen molar-refractivity contribution >= 4 is 35.1 Å². The van der Waals surface area contributed by atoms with Crippen molar-refractivity contribution < 1.29 is 19.1 Å². The van der Waals surface area contributed by atoms with E-state index in [1.165, 1.54) is 18.0 Å². The SMILES string of the molecule is CCOC(=O)CN(C)C(=O)COc1ccc(Cl)c(Cl)c1. The van der Waals surface area contributed by atoms with Crippen LogP contribution in [0.4, 0.5) is 0 Å². The van der Waals surface area contributed by atoms with Gasteiger partial charge in [-0.25, -0.2) is 0 Å². The number of benzene rings is 1. The Balaban J connectivity index is 2.46. The molecule has 0 spiro atoms. The molecule has 20 heavy (non-hydrogen) atoms. The van der Waals surface area contributed by atoms with E-state index in [1.54, 1.807) is 19.1 Å². The molecule has 0 heterocycles. The first kappa shape index (κ1) is 16.6. The van der Waals surface area contributed by atoms with E-state index in [-0.39, 0.29) is 25.7 Å². The second-order valence-corrected chi connectivity index (χ2v) is 4.73. The predicted octanol–water partition coefficient (Wildman–Crippen LogP) is 2.39. The molecule has 0 aromatic heterocycles. The molecular formula is C13H15Cl2NO4. The first-order chi connectivity index (χ1) is 9.43. The van der Waals surface area contributed by atoms with E-state index in [9.17, 15) is 9.59 Å². The van der Waals surface area contributed by atoms with Gasteiger partial charge in [-0.1, -0.05) is 23.2 Å². The maximum Gasteiger partial charge on any atom is 0.325 e. The van der Waals surface area contributed by atoms with Gasteiger partial charge in [-0.05, 0) is 19.1 Å². The monoisotopic (exact) mass is 319 g/mol. The zero-order valence-corrected chi connectivity index (χ0v) is 12.7. The van der Waals surface area contributed by atoms with Crippen molar-refractivity contribution in [2.45, 2.75) is 6.92 Å². The number of likely N-dealkylation sites (N-methyl/N-ethyl adjacent to an activating group) is 1. The Hall–Kier alpha value is -1.46. The van der Waals surface area contributed by atoms with E-state index in [4.69, 9.17) is 32.7 Å². The van der Waals surface area contributed by atoms with Crippen LogP contribution in [0.15, 0.2) is 18.2 Å². The Bertz CT molecular complexity index is 493. The Kier molecular flexibility index (Phi) is 6.61. The van der Waals surface area contributed by atoms with Crippen LogP contribution in [-0.2, 0) is 14.3 Å². The summed E-state index contributed by atoms with van der Waals surface area (Å²) in [6, 6.07) is 4.70. The van der Waals surface area contributed by atoms with Crippen molar-refractivity contribution in [3.63, 3.8) is 0 Å². The second kappa shape index (κ2) is 7.97. The lowest BCUT2D eigenvalue weighted by molar-refractivity contribution is -0.148. The number of halogens is 2. The molecule has 0 atom stereocenters. The normalized spacial score (nSPS) is 10.0. The largest absolute Gasteiger partial charge is 0.484 e. The Morgan fingerprint density at radius 1 is 1.25 bits per heavy atom. The highest BCUT2D eigenvalue weighted by Gasteiger charge is 2.14. The van der Waals surface area contributed by atoms with Crippen molar-refractivity contribution in [1.29, 1.82) is 0 Å². The summed E-state index contributed by atoms with van der Waals surface area (Å²) in [6.07, 6.45) is 0. The van der Waals surface area contributed by atoms with Crippen LogP contribution in [0.1, 0.15) is 6.92 Å². The Morgan fingerprint density at radius 2 is 1.95 bits per heavy atom. The van der Waals surface area contributed by atoms with Gasteiger partial charge in [0.25, 0.3) is 5.91 Å². The van der Waals surface area contributed by atoms with Gasteiger partial charge in [-0.2, -0.15) is 0 Å². The number of carbonyl (C=O) groups excluding carboxylic acids is 2. The molecular weight excluding hydrogens is 305 g/mol. The molecule has 0 fully saturated rings. The number of hydrogen-bond acceptors (Lipinski definition) is 4. The van der Waals surface area contributed by atoms with Crippen LogP contribution in [0, 0.1) is 0 Å². The molecule has 0 N–H and O–H groups in total. The lowest BCUT2D eigenvalue weighted by Gasteiger charge is -2.16. The van der Waals surface area contributed by atoms with Gasteiger partial charge in [-0.3, -0.25) is 9.59 Å². The van der Waals surface area contributed by atoms with Gasteiger partial charge in [0.15, 0.2) is 6.61 Å². The third kappa shape index (κ3) is 5.27. The van der Waals surface area contributed by atoms with E-state index >= 15 is 0 Å². The van der Waals surface area contributed by atoms with Gasteiger partial charge < -0.3 is 14.4 Å². The molecule has 1 aromatic carbocycles. The average Bonchev–Trinajstić information content (AvgIpc) is 2.39. The molecule has 0 unspecified atom stereocenters. The predicted molar refractivity (Wildman–Crippen MR) is 76.2 cm³/mol. The van der Waals surface area contributed by atoms with Gasteiger partial charge >= 0.3 is 5.97 Å². The molecule has 7 heteroatoms. The van der Waals surface area contributed by atoms with Crippen LogP contribution < -0.4 is 4.74 Å². The fourth-order valence-electron chi connectivity index (χ4n) is 1.31. The molecule has 1 aromatic rings. The van der Waals surface area contributed by atoms with Crippen molar-refractivity contribution in [3.8, 4) is 5.75 Å². The summed E-state index contributed by atoms with van der Waals surface area (Å²) in [5, 5.41) is 0.751. The zero-order valence-electron chi connectivity index (χ0n) is 11.2. The van der Waals surface area contributed by atoms with Crippen molar-refractivity contribution in [2.24, 2.45) is 0 Å². The standard InChI is InChI=1S/C13H15Cl2NO4/c1-3-19-13(18)7-16(2)12(17)8-20-9-4-5-10(14)11(15)6-9/h4-6H,3,7-8H2,1-2H3. The average molecular weight is 320 g/mol. The minimum atomic E-state index is -0.460. The first-order valence-electron chi connectivity index (χ1n) is 5.91. The molecule has 110 valence electrons. The highest BCUT2D eigenvalue weighted by molar-refractivity contribution is 6.42. The Labute approximate surface area is 127 Å². The number of amides is 1. The highest BCUT2D eigenvalue weighted by Crippen LogP contribution is 2.26. The maximum atomic E-state index is 11.7. The summed E-state index contributed by atoms with van der Waals surface area (Å²) in [6.45, 7) is 1.67. The smallest absolute Gasteiger partial charge is 0.325 e. The van der Waals surface area contributed by atoms with Crippen LogP contribution in [0.2, 0.25) is 10.0 Å². The zero-order chi connectivity index (χ0) is 15.1. The summed E-state index contributed by atoms with van der Waals surface area (Å²) in [4.78, 5) is 24.2. The maximum absolute atomic E-state index is 11.7. The minimum absolute atomic E-state index is 0.114. The Morgan fingerprint density at radius 3 is 2.55 bits per heavy atom. The molecule has 0 aliphatic heterocycles. The van der Waals surface area contributed by atoms with E-state index < -0.39 is 5.97 Å². The first-order valence-corrected chi connectivity index (χ1v) is 6.67. The van der Waals surface area contributed by atoms with Gasteiger partial charge in [0.1, 0.15) is 12.3 Å². The van der Waals surface area contributed by atoms with Crippen molar-refractivity contribution in [3.05, 3.63) is 28.2 Å². The molecule has 1 rings (SSSR count). The van der Waals surface area contributed by atoms with Crippen LogP contribution >= 0.6 is 23.2 Å². The van der Waals surface area contributed by atoms with E-state index in [2.05, 4.69) is 0 Å². The number of hydrogen-bond donors (Lipinski definition) is 0. The van der Waals surface area contributed by atoms with Crippen LogP contribution in [0.3, 0.4) is 0 Å². The third-order valence-electron chi connectivity index (χ3n) is 2.35. The van der Waals surface area contributed by atoms with Gasteiger partial charge in [0, 0.05) is 13.1 Å². The van der Waals surface area contributed by atoms with E-state index in [0.717, 1.165) is 0 Å². The highest BCUT2D eigenvalue weighted by atomic mass is 35.5. The quantitative estimate of drug-likeness (QED) is 0.755. The fourth-order valence-corrected chi connectivity index (χ4v) is 1.60. The van der Waals surface area contributed by atoms with Gasteiger partial charge in [0.05, 0.1) is 16.7 Å². The van der Waals surface area contributed by atoms with E-state index in [0.29, 0.717) is 15.8 Å². The summed E-state index contributed by atoms with van der Waals surface area (Å²) < 4.78 is 10.0. The van der Waals surface area contributed by atoms with Gasteiger partial charge in [-0.15, -0.1) is 0 Å². The summed E-state index contributed by atoms with van der Waals surface area (Å²) >= 11 is 11.6. The molecule has 0 aliphatic rings. The molecule has 1 amide bonds. The van der Waals surface area contributed by atoms with Gasteiger partial charge in [0.2, 0.25) is 0 Å². The second-order valence-electron chi connectivity index (χ2n) is 3.92.